The van der Waals surface area contributed by atoms with Crippen molar-refractivity contribution in [3.05, 3.63) is 58.1 Å². The van der Waals surface area contributed by atoms with Gasteiger partial charge in [-0.05, 0) is 42.8 Å². The Morgan fingerprint density at radius 1 is 1.12 bits per heavy atom. The van der Waals surface area contributed by atoms with E-state index in [0.717, 1.165) is 16.3 Å². The molecule has 0 aromatic heterocycles. The summed E-state index contributed by atoms with van der Waals surface area (Å²) in [5, 5.41) is 5.41. The average Bonchev–Trinajstić information content (AvgIpc) is 2.57. The van der Waals surface area contributed by atoms with E-state index in [-0.39, 0.29) is 29.3 Å². The Balaban J connectivity index is 1.90. The molecule has 2 aromatic carbocycles. The first-order chi connectivity index (χ1) is 12.2. The van der Waals surface area contributed by atoms with Gasteiger partial charge >= 0.3 is 0 Å². The van der Waals surface area contributed by atoms with E-state index in [0.29, 0.717) is 5.69 Å². The number of hydrogen-bond donors (Lipinski definition) is 2. The molecule has 2 rings (SSSR count). The van der Waals surface area contributed by atoms with Crippen LogP contribution in [0.2, 0.25) is 0 Å². The van der Waals surface area contributed by atoms with E-state index in [1.54, 1.807) is 0 Å². The van der Waals surface area contributed by atoms with E-state index in [9.17, 15) is 18.0 Å². The summed E-state index contributed by atoms with van der Waals surface area (Å²) >= 11 is 3.35. The number of halogens is 1. The molecular formula is C18H19BrN2O4S. The monoisotopic (exact) mass is 438 g/mol. The van der Waals surface area contributed by atoms with Crippen molar-refractivity contribution in [2.24, 2.45) is 0 Å². The van der Waals surface area contributed by atoms with Crippen LogP contribution in [-0.4, -0.2) is 33.0 Å². The Bertz CT molecular complexity index is 942. The molecule has 8 heteroatoms. The Labute approximate surface area is 161 Å². The number of rotatable bonds is 6. The van der Waals surface area contributed by atoms with E-state index in [2.05, 4.69) is 26.6 Å². The van der Waals surface area contributed by atoms with Crippen molar-refractivity contribution in [1.82, 2.24) is 5.32 Å². The summed E-state index contributed by atoms with van der Waals surface area (Å²) in [7, 11) is -3.38. The van der Waals surface area contributed by atoms with Crippen molar-refractivity contribution < 1.29 is 18.0 Å². The Hall–Kier alpha value is -2.19. The number of benzene rings is 2. The predicted molar refractivity (Wildman–Crippen MR) is 104 cm³/mol. The van der Waals surface area contributed by atoms with Crippen LogP contribution in [0.5, 0.6) is 0 Å². The first kappa shape index (κ1) is 20.1. The van der Waals surface area contributed by atoms with Crippen LogP contribution in [0.4, 0.5) is 5.69 Å². The van der Waals surface area contributed by atoms with Gasteiger partial charge in [0.15, 0.2) is 9.84 Å². The van der Waals surface area contributed by atoms with Crippen LogP contribution in [0, 0.1) is 6.92 Å². The number of nitrogens with one attached hydrogen (secondary N) is 2. The third-order valence-corrected chi connectivity index (χ3v) is 5.24. The second-order valence-electron chi connectivity index (χ2n) is 5.81. The van der Waals surface area contributed by atoms with Crippen molar-refractivity contribution >= 4 is 43.3 Å². The Morgan fingerprint density at radius 2 is 1.85 bits per heavy atom. The standard InChI is InChI=1S/C18H19BrN2O4S/c1-12-6-7-14(19)11-16(12)21-17(22)8-9-20-18(23)13-4-3-5-15(10-13)26(2,24)25/h3-7,10-11H,8-9H2,1-2H3,(H,20,23)(H,21,22). The summed E-state index contributed by atoms with van der Waals surface area (Å²) in [4.78, 5) is 24.2. The highest BCUT2D eigenvalue weighted by Gasteiger charge is 2.12. The van der Waals surface area contributed by atoms with Crippen molar-refractivity contribution in [1.29, 1.82) is 0 Å². The summed E-state index contributed by atoms with van der Waals surface area (Å²) in [5.74, 6) is -0.654. The van der Waals surface area contributed by atoms with Gasteiger partial charge in [-0.1, -0.05) is 28.1 Å². The summed E-state index contributed by atoms with van der Waals surface area (Å²) in [6.07, 6.45) is 1.18. The van der Waals surface area contributed by atoms with Crippen molar-refractivity contribution in [2.45, 2.75) is 18.2 Å². The molecule has 0 aliphatic rings. The molecule has 0 saturated heterocycles. The minimum atomic E-state index is -3.38. The summed E-state index contributed by atoms with van der Waals surface area (Å²) < 4.78 is 24.0. The van der Waals surface area contributed by atoms with Crippen LogP contribution in [0.1, 0.15) is 22.3 Å². The second kappa shape index (κ2) is 8.46. The molecule has 0 aliphatic carbocycles. The highest BCUT2D eigenvalue weighted by Crippen LogP contribution is 2.20. The zero-order chi connectivity index (χ0) is 19.3. The molecular weight excluding hydrogens is 420 g/mol. The lowest BCUT2D eigenvalue weighted by Gasteiger charge is -2.10. The first-order valence-corrected chi connectivity index (χ1v) is 10.5. The number of carbonyl (C=O) groups excluding carboxylic acids is 2. The van der Waals surface area contributed by atoms with Crippen LogP contribution >= 0.6 is 15.9 Å². The van der Waals surface area contributed by atoms with Gasteiger partial charge in [-0.2, -0.15) is 0 Å². The van der Waals surface area contributed by atoms with Gasteiger partial charge < -0.3 is 10.6 Å². The molecule has 2 N–H and O–H groups in total. The number of amides is 2. The molecule has 2 aromatic rings. The Kier molecular flexibility index (Phi) is 6.55. The number of aryl methyl sites for hydroxylation is 1. The fourth-order valence-electron chi connectivity index (χ4n) is 2.20. The van der Waals surface area contributed by atoms with Gasteiger partial charge in [0.05, 0.1) is 4.90 Å². The van der Waals surface area contributed by atoms with Gasteiger partial charge in [-0.25, -0.2) is 8.42 Å². The van der Waals surface area contributed by atoms with E-state index in [1.165, 1.54) is 24.3 Å². The lowest BCUT2D eigenvalue weighted by Crippen LogP contribution is -2.27. The molecule has 6 nitrogen and oxygen atoms in total. The molecule has 0 aliphatic heterocycles. The third kappa shape index (κ3) is 5.67. The maximum absolute atomic E-state index is 12.1. The minimum absolute atomic E-state index is 0.0769. The molecule has 2 amide bonds. The van der Waals surface area contributed by atoms with Crippen LogP contribution in [-0.2, 0) is 14.6 Å². The lowest BCUT2D eigenvalue weighted by molar-refractivity contribution is -0.116. The van der Waals surface area contributed by atoms with Gasteiger partial charge in [0.2, 0.25) is 5.91 Å². The number of hydrogen-bond acceptors (Lipinski definition) is 4. The topological polar surface area (TPSA) is 92.3 Å². The zero-order valence-corrected chi connectivity index (χ0v) is 16.8. The van der Waals surface area contributed by atoms with Gasteiger partial charge in [-0.15, -0.1) is 0 Å². The molecule has 0 fully saturated rings. The largest absolute Gasteiger partial charge is 0.352 e. The smallest absolute Gasteiger partial charge is 0.251 e. The van der Waals surface area contributed by atoms with Crippen LogP contribution in [0.25, 0.3) is 0 Å². The van der Waals surface area contributed by atoms with Crippen LogP contribution in [0.3, 0.4) is 0 Å². The van der Waals surface area contributed by atoms with E-state index >= 15 is 0 Å². The van der Waals surface area contributed by atoms with Gasteiger partial charge in [0.25, 0.3) is 5.91 Å². The third-order valence-electron chi connectivity index (χ3n) is 3.64. The molecule has 0 bridgehead atoms. The number of carbonyl (C=O) groups is 2. The molecule has 0 spiro atoms. The molecule has 138 valence electrons. The lowest BCUT2D eigenvalue weighted by atomic mass is 10.2. The van der Waals surface area contributed by atoms with E-state index in [4.69, 9.17) is 0 Å². The maximum atomic E-state index is 12.1. The SMILES string of the molecule is Cc1ccc(Br)cc1NC(=O)CCNC(=O)c1cccc(S(C)(=O)=O)c1. The molecule has 0 heterocycles. The molecule has 0 saturated carbocycles. The predicted octanol–water partition coefficient (Wildman–Crippen LogP) is 2.92. The number of anilines is 1. The molecule has 0 unspecified atom stereocenters. The van der Waals surface area contributed by atoms with Gasteiger partial charge in [0, 0.05) is 34.9 Å². The van der Waals surface area contributed by atoms with Crippen LogP contribution in [0.15, 0.2) is 51.8 Å². The molecule has 0 atom stereocenters. The highest BCUT2D eigenvalue weighted by atomic mass is 79.9. The summed E-state index contributed by atoms with van der Waals surface area (Å²) in [5.41, 5.74) is 1.87. The van der Waals surface area contributed by atoms with Gasteiger partial charge in [0.1, 0.15) is 0 Å². The van der Waals surface area contributed by atoms with E-state index in [1.807, 2.05) is 25.1 Å². The summed E-state index contributed by atoms with van der Waals surface area (Å²) in [6.45, 7) is 2.03. The second-order valence-corrected chi connectivity index (χ2v) is 8.74. The molecule has 0 radical (unpaired) electrons. The van der Waals surface area contributed by atoms with Crippen molar-refractivity contribution in [3.63, 3.8) is 0 Å². The average molecular weight is 439 g/mol. The quantitative estimate of drug-likeness (QED) is 0.724. The van der Waals surface area contributed by atoms with Gasteiger partial charge in [-0.3, -0.25) is 9.59 Å². The maximum Gasteiger partial charge on any atom is 0.251 e. The minimum Gasteiger partial charge on any atom is -0.352 e. The number of sulfone groups is 1. The highest BCUT2D eigenvalue weighted by molar-refractivity contribution is 9.10. The first-order valence-electron chi connectivity index (χ1n) is 7.81. The fraction of sp³-hybridized carbons (Fsp3) is 0.222. The summed E-state index contributed by atoms with van der Waals surface area (Å²) in [6, 6.07) is 11.4. The fourth-order valence-corrected chi connectivity index (χ4v) is 3.23. The van der Waals surface area contributed by atoms with Crippen molar-refractivity contribution in [2.75, 3.05) is 18.1 Å². The molecule has 26 heavy (non-hydrogen) atoms. The normalized spacial score (nSPS) is 11.0. The zero-order valence-electron chi connectivity index (χ0n) is 14.4. The Morgan fingerprint density at radius 3 is 2.54 bits per heavy atom. The van der Waals surface area contributed by atoms with Crippen molar-refractivity contribution in [3.8, 4) is 0 Å². The van der Waals surface area contributed by atoms with E-state index < -0.39 is 15.7 Å². The van der Waals surface area contributed by atoms with Crippen LogP contribution < -0.4 is 10.6 Å².